The van der Waals surface area contributed by atoms with E-state index in [0.717, 1.165) is 0 Å². The van der Waals surface area contributed by atoms with E-state index in [1.54, 1.807) is 4.90 Å². The van der Waals surface area contributed by atoms with Crippen LogP contribution in [0.15, 0.2) is 6.33 Å². The molecule has 1 aromatic heterocycles. The van der Waals surface area contributed by atoms with Crippen LogP contribution in [-0.4, -0.2) is 52.4 Å². The van der Waals surface area contributed by atoms with E-state index in [4.69, 9.17) is 10.6 Å². The second kappa shape index (κ2) is 5.73. The number of nitrogens with zero attached hydrogens (tertiary/aromatic N) is 4. The molecule has 1 aliphatic heterocycles. The van der Waals surface area contributed by atoms with Crippen molar-refractivity contribution in [2.24, 2.45) is 5.84 Å². The van der Waals surface area contributed by atoms with E-state index in [1.807, 2.05) is 0 Å². The molecule has 10 heteroatoms. The summed E-state index contributed by atoms with van der Waals surface area (Å²) in [5.41, 5.74) is 1.86. The van der Waals surface area contributed by atoms with Crippen LogP contribution in [0.5, 0.6) is 0 Å². The maximum absolute atomic E-state index is 11.1. The second-order valence-electron chi connectivity index (χ2n) is 3.90. The molecule has 0 radical (unpaired) electrons. The van der Waals surface area contributed by atoms with Crippen LogP contribution in [0.4, 0.5) is 17.3 Å². The smallest absolute Gasteiger partial charge is 0.354 e. The van der Waals surface area contributed by atoms with E-state index < -0.39 is 4.92 Å². The highest BCUT2D eigenvalue weighted by atomic mass is 16.6. The first kappa shape index (κ1) is 13.4. The summed E-state index contributed by atoms with van der Waals surface area (Å²) in [6.45, 7) is 0.895. The molecule has 0 saturated carbocycles. The first-order valence-electron chi connectivity index (χ1n) is 5.60. The third kappa shape index (κ3) is 2.54. The number of nitrogens with one attached hydrogen (secondary N) is 1. The summed E-state index contributed by atoms with van der Waals surface area (Å²) < 4.78 is 5.23. The number of hydrogen-bond donors (Lipinski definition) is 3. The van der Waals surface area contributed by atoms with E-state index in [1.165, 1.54) is 6.33 Å². The summed E-state index contributed by atoms with van der Waals surface area (Å²) in [5, 5.41) is 20.5. The minimum absolute atomic E-state index is 0.0711. The molecule has 0 amide bonds. The Labute approximate surface area is 108 Å². The number of ether oxygens (including phenoxy) is 1. The number of hydrogen-bond acceptors (Lipinski definition) is 9. The monoisotopic (exact) mass is 270 g/mol. The molecule has 19 heavy (non-hydrogen) atoms. The van der Waals surface area contributed by atoms with Gasteiger partial charge in [0.1, 0.15) is 6.33 Å². The predicted octanol–water partition coefficient (Wildman–Crippen LogP) is -1.13. The number of anilines is 2. The molecule has 10 nitrogen and oxygen atoms in total. The molecule has 4 N–H and O–H groups in total. The van der Waals surface area contributed by atoms with Gasteiger partial charge in [0, 0.05) is 6.54 Å². The van der Waals surface area contributed by atoms with Crippen molar-refractivity contribution < 1.29 is 14.8 Å². The standard InChI is InChI=1S/C9H14N6O4/c10-13-8-7(15(17)18)9(12-5-11-8)14-1-2-19-4-6(14)3-16/h5-6,16H,1-4,10H2,(H,11,12,13). The fourth-order valence-electron chi connectivity index (χ4n) is 1.94. The molecule has 0 aliphatic carbocycles. The summed E-state index contributed by atoms with van der Waals surface area (Å²) in [5.74, 6) is 5.27. The molecule has 104 valence electrons. The Morgan fingerprint density at radius 1 is 1.68 bits per heavy atom. The quantitative estimate of drug-likeness (QED) is 0.352. The van der Waals surface area contributed by atoms with Crippen LogP contribution < -0.4 is 16.2 Å². The molecule has 1 unspecified atom stereocenters. The highest BCUT2D eigenvalue weighted by Crippen LogP contribution is 2.32. The zero-order chi connectivity index (χ0) is 13.8. The zero-order valence-electron chi connectivity index (χ0n) is 10.0. The first-order chi connectivity index (χ1) is 9.19. The van der Waals surface area contributed by atoms with Crippen molar-refractivity contribution in [1.29, 1.82) is 0 Å². The molecule has 0 spiro atoms. The van der Waals surface area contributed by atoms with Crippen LogP contribution in [0.3, 0.4) is 0 Å². The maximum Gasteiger partial charge on any atom is 0.354 e. The minimum Gasteiger partial charge on any atom is -0.394 e. The van der Waals surface area contributed by atoms with Crippen molar-refractivity contribution in [1.82, 2.24) is 9.97 Å². The molecule has 1 saturated heterocycles. The van der Waals surface area contributed by atoms with E-state index in [9.17, 15) is 15.2 Å². The average molecular weight is 270 g/mol. The molecule has 2 heterocycles. The van der Waals surface area contributed by atoms with Gasteiger partial charge < -0.3 is 20.2 Å². The Morgan fingerprint density at radius 2 is 2.47 bits per heavy atom. The number of nitrogens with two attached hydrogens (primary N) is 1. The fourth-order valence-corrected chi connectivity index (χ4v) is 1.94. The van der Waals surface area contributed by atoms with Gasteiger partial charge in [-0.3, -0.25) is 10.1 Å². The number of aliphatic hydroxyl groups excluding tert-OH is 1. The van der Waals surface area contributed by atoms with Gasteiger partial charge in [0.25, 0.3) is 0 Å². The van der Waals surface area contributed by atoms with Crippen molar-refractivity contribution in [3.05, 3.63) is 16.4 Å². The number of hydrazine groups is 1. The molecule has 1 atom stereocenters. The van der Waals surface area contributed by atoms with E-state index in [-0.39, 0.29) is 36.6 Å². The van der Waals surface area contributed by atoms with Crippen LogP contribution in [0.2, 0.25) is 0 Å². The van der Waals surface area contributed by atoms with Crippen molar-refractivity contribution in [2.75, 3.05) is 36.7 Å². The highest BCUT2D eigenvalue weighted by molar-refractivity contribution is 5.70. The molecule has 0 aromatic carbocycles. The number of morpholine rings is 1. The van der Waals surface area contributed by atoms with Crippen LogP contribution in [0.25, 0.3) is 0 Å². The van der Waals surface area contributed by atoms with Gasteiger partial charge in [0.05, 0.1) is 30.8 Å². The summed E-state index contributed by atoms with van der Waals surface area (Å²) >= 11 is 0. The minimum atomic E-state index is -0.603. The van der Waals surface area contributed by atoms with Gasteiger partial charge in [-0.15, -0.1) is 0 Å². The summed E-state index contributed by atoms with van der Waals surface area (Å²) in [6.07, 6.45) is 1.18. The Morgan fingerprint density at radius 3 is 3.11 bits per heavy atom. The SMILES string of the molecule is NNc1ncnc(N2CCOCC2CO)c1[N+](=O)[O-]. The van der Waals surface area contributed by atoms with E-state index >= 15 is 0 Å². The van der Waals surface area contributed by atoms with Crippen LogP contribution in [0.1, 0.15) is 0 Å². The average Bonchev–Trinajstić information content (AvgIpc) is 2.46. The van der Waals surface area contributed by atoms with E-state index in [2.05, 4.69) is 15.4 Å². The topological polar surface area (TPSA) is 140 Å². The van der Waals surface area contributed by atoms with Crippen LogP contribution in [-0.2, 0) is 4.74 Å². The Hall–Kier alpha value is -2.04. The summed E-state index contributed by atoms with van der Waals surface area (Å²) in [6, 6.07) is -0.382. The van der Waals surface area contributed by atoms with E-state index in [0.29, 0.717) is 13.2 Å². The first-order valence-corrected chi connectivity index (χ1v) is 5.60. The molecule has 1 aliphatic rings. The molecule has 1 aromatic rings. The largest absolute Gasteiger partial charge is 0.394 e. The van der Waals surface area contributed by atoms with Crippen molar-refractivity contribution in [3.8, 4) is 0 Å². The summed E-state index contributed by atoms with van der Waals surface area (Å²) in [4.78, 5) is 19.8. The van der Waals surface area contributed by atoms with Gasteiger partial charge in [0.2, 0.25) is 11.6 Å². The number of rotatable bonds is 4. The van der Waals surface area contributed by atoms with Crippen molar-refractivity contribution in [2.45, 2.75) is 6.04 Å². The normalized spacial score (nSPS) is 19.3. The van der Waals surface area contributed by atoms with Gasteiger partial charge in [-0.05, 0) is 0 Å². The Balaban J connectivity index is 2.45. The van der Waals surface area contributed by atoms with Gasteiger partial charge >= 0.3 is 5.69 Å². The molecular formula is C9H14N6O4. The van der Waals surface area contributed by atoms with Crippen LogP contribution in [0, 0.1) is 10.1 Å². The van der Waals surface area contributed by atoms with Gasteiger partial charge in [0.15, 0.2) is 0 Å². The number of aromatic nitrogens is 2. The Bertz CT molecular complexity index is 470. The van der Waals surface area contributed by atoms with Crippen molar-refractivity contribution >= 4 is 17.3 Å². The highest BCUT2D eigenvalue weighted by Gasteiger charge is 2.32. The van der Waals surface area contributed by atoms with Crippen molar-refractivity contribution in [3.63, 3.8) is 0 Å². The maximum atomic E-state index is 11.1. The number of aliphatic hydroxyl groups is 1. The molecule has 2 rings (SSSR count). The number of nitro groups is 1. The van der Waals surface area contributed by atoms with Gasteiger partial charge in [-0.25, -0.2) is 15.8 Å². The van der Waals surface area contributed by atoms with Gasteiger partial charge in [-0.1, -0.05) is 0 Å². The third-order valence-corrected chi connectivity index (χ3v) is 2.83. The molecule has 1 fully saturated rings. The fraction of sp³-hybridized carbons (Fsp3) is 0.556. The zero-order valence-corrected chi connectivity index (χ0v) is 10.0. The second-order valence-corrected chi connectivity index (χ2v) is 3.90. The lowest BCUT2D eigenvalue weighted by Gasteiger charge is -2.34. The molecular weight excluding hydrogens is 256 g/mol. The lowest BCUT2D eigenvalue weighted by Crippen LogP contribution is -2.48. The lowest BCUT2D eigenvalue weighted by atomic mass is 10.2. The van der Waals surface area contributed by atoms with Gasteiger partial charge in [-0.2, -0.15) is 0 Å². The lowest BCUT2D eigenvalue weighted by molar-refractivity contribution is -0.383. The molecule has 0 bridgehead atoms. The Kier molecular flexibility index (Phi) is 4.04. The van der Waals surface area contributed by atoms with Crippen LogP contribution >= 0.6 is 0 Å². The summed E-state index contributed by atoms with van der Waals surface area (Å²) in [7, 11) is 0. The third-order valence-electron chi connectivity index (χ3n) is 2.83. The number of nitrogen functional groups attached to an aromatic ring is 1. The predicted molar refractivity (Wildman–Crippen MR) is 65.5 cm³/mol.